The molecule has 2 rings (SSSR count). The van der Waals surface area contributed by atoms with Crippen molar-refractivity contribution < 1.29 is 9.72 Å². The van der Waals surface area contributed by atoms with Crippen LogP contribution in [-0.4, -0.2) is 16.9 Å². The van der Waals surface area contributed by atoms with Crippen LogP contribution in [0.4, 0.5) is 5.69 Å². The Kier molecular flexibility index (Phi) is 4.14. The Balaban J connectivity index is 1.97. The van der Waals surface area contributed by atoms with Crippen LogP contribution in [-0.2, 0) is 0 Å². The molecule has 0 bridgehead atoms. The van der Waals surface area contributed by atoms with Gasteiger partial charge in [-0.25, -0.2) is 0 Å². The van der Waals surface area contributed by atoms with Crippen LogP contribution in [0.3, 0.4) is 0 Å². The van der Waals surface area contributed by atoms with Crippen molar-refractivity contribution in [3.8, 4) is 0 Å². The maximum absolute atomic E-state index is 12.0. The Labute approximate surface area is 112 Å². The summed E-state index contributed by atoms with van der Waals surface area (Å²) < 4.78 is 0. The number of hydrogen-bond donors (Lipinski definition) is 1. The first-order valence-corrected chi connectivity index (χ1v) is 6.61. The molecule has 2 atom stereocenters. The lowest BCUT2D eigenvalue weighted by Gasteiger charge is -2.27. The highest BCUT2D eigenvalue weighted by atomic mass is 16.6. The van der Waals surface area contributed by atoms with Gasteiger partial charge in [-0.3, -0.25) is 14.9 Å². The molecule has 1 aromatic rings. The Hall–Kier alpha value is -1.91. The molecule has 0 aliphatic heterocycles. The summed E-state index contributed by atoms with van der Waals surface area (Å²) in [6.45, 7) is 2.20. The molecule has 2 unspecified atom stereocenters. The van der Waals surface area contributed by atoms with E-state index < -0.39 is 4.92 Å². The van der Waals surface area contributed by atoms with Crippen LogP contribution in [0.1, 0.15) is 43.0 Å². The van der Waals surface area contributed by atoms with Crippen LogP contribution in [0.2, 0.25) is 0 Å². The van der Waals surface area contributed by atoms with Crippen LogP contribution in [0.15, 0.2) is 24.3 Å². The first-order valence-electron chi connectivity index (χ1n) is 6.61. The number of benzene rings is 1. The average molecular weight is 262 g/mol. The Morgan fingerprint density at radius 3 is 2.58 bits per heavy atom. The van der Waals surface area contributed by atoms with Gasteiger partial charge in [-0.2, -0.15) is 0 Å². The molecule has 1 fully saturated rings. The molecule has 102 valence electrons. The zero-order chi connectivity index (χ0) is 13.8. The molecule has 1 aromatic carbocycles. The molecule has 1 aliphatic carbocycles. The number of carbonyl (C=O) groups excluding carboxylic acids is 1. The number of amides is 1. The van der Waals surface area contributed by atoms with Gasteiger partial charge in [0.2, 0.25) is 0 Å². The second-order valence-electron chi connectivity index (χ2n) is 5.25. The van der Waals surface area contributed by atoms with Gasteiger partial charge in [0.15, 0.2) is 0 Å². The molecule has 0 spiro atoms. The van der Waals surface area contributed by atoms with Crippen LogP contribution in [0, 0.1) is 16.0 Å². The van der Waals surface area contributed by atoms with Crippen molar-refractivity contribution in [1.82, 2.24) is 5.32 Å². The normalized spacial score (nSPS) is 22.8. The fraction of sp³-hybridized carbons (Fsp3) is 0.500. The summed E-state index contributed by atoms with van der Waals surface area (Å²) in [7, 11) is 0. The maximum atomic E-state index is 12.0. The third-order valence-electron chi connectivity index (χ3n) is 3.61. The number of carbonyl (C=O) groups is 1. The summed E-state index contributed by atoms with van der Waals surface area (Å²) in [6.07, 6.45) is 4.40. The predicted octanol–water partition coefficient (Wildman–Crippen LogP) is 2.90. The summed E-state index contributed by atoms with van der Waals surface area (Å²) in [5.41, 5.74) is 0.478. The number of rotatable bonds is 3. The number of nitrogens with one attached hydrogen (secondary N) is 1. The third-order valence-corrected chi connectivity index (χ3v) is 3.61. The Bertz CT molecular complexity index is 470. The highest BCUT2D eigenvalue weighted by molar-refractivity contribution is 5.94. The van der Waals surface area contributed by atoms with Gasteiger partial charge in [-0.05, 0) is 30.9 Å². The van der Waals surface area contributed by atoms with E-state index >= 15 is 0 Å². The minimum atomic E-state index is -0.468. The molecule has 0 saturated heterocycles. The van der Waals surface area contributed by atoms with E-state index in [1.807, 2.05) is 0 Å². The van der Waals surface area contributed by atoms with Gasteiger partial charge in [0.25, 0.3) is 11.6 Å². The molecular formula is C14H18N2O3. The summed E-state index contributed by atoms with van der Waals surface area (Å²) in [6, 6.07) is 5.95. The van der Waals surface area contributed by atoms with E-state index in [4.69, 9.17) is 0 Å². The number of non-ortho nitro benzene ring substituents is 1. The fourth-order valence-electron chi connectivity index (χ4n) is 2.57. The number of nitro benzene ring substituents is 1. The number of nitro groups is 1. The predicted molar refractivity (Wildman–Crippen MR) is 72.0 cm³/mol. The first-order chi connectivity index (χ1) is 9.06. The highest BCUT2D eigenvalue weighted by Gasteiger charge is 2.21. The van der Waals surface area contributed by atoms with E-state index in [-0.39, 0.29) is 17.6 Å². The topological polar surface area (TPSA) is 72.2 Å². The molecule has 5 nitrogen and oxygen atoms in total. The smallest absolute Gasteiger partial charge is 0.269 e. The Morgan fingerprint density at radius 1 is 1.32 bits per heavy atom. The van der Waals surface area contributed by atoms with Crippen molar-refractivity contribution in [1.29, 1.82) is 0 Å². The minimum Gasteiger partial charge on any atom is -0.349 e. The molecule has 0 radical (unpaired) electrons. The van der Waals surface area contributed by atoms with Crippen LogP contribution in [0.25, 0.3) is 0 Å². The largest absolute Gasteiger partial charge is 0.349 e. The lowest BCUT2D eigenvalue weighted by molar-refractivity contribution is -0.384. The first kappa shape index (κ1) is 13.5. The molecule has 1 amide bonds. The maximum Gasteiger partial charge on any atom is 0.269 e. The minimum absolute atomic E-state index is 0.00263. The summed E-state index contributed by atoms with van der Waals surface area (Å²) in [4.78, 5) is 22.1. The standard InChI is InChI=1S/C14H18N2O3/c1-10-3-2-4-12(9-10)15-14(17)11-5-7-13(8-6-11)16(18)19/h5-8,10,12H,2-4,9H2,1H3,(H,15,17). The lowest BCUT2D eigenvalue weighted by atomic mass is 9.87. The second-order valence-corrected chi connectivity index (χ2v) is 5.25. The molecule has 0 heterocycles. The van der Waals surface area contributed by atoms with E-state index in [9.17, 15) is 14.9 Å². The van der Waals surface area contributed by atoms with E-state index in [1.54, 1.807) is 0 Å². The van der Waals surface area contributed by atoms with Crippen molar-refractivity contribution in [2.24, 2.45) is 5.92 Å². The van der Waals surface area contributed by atoms with Gasteiger partial charge < -0.3 is 5.32 Å². The summed E-state index contributed by atoms with van der Waals surface area (Å²) in [5.74, 6) is 0.505. The van der Waals surface area contributed by atoms with Crippen LogP contribution < -0.4 is 5.32 Å². The molecule has 1 N–H and O–H groups in total. The zero-order valence-electron chi connectivity index (χ0n) is 11.0. The number of hydrogen-bond acceptors (Lipinski definition) is 3. The van der Waals surface area contributed by atoms with E-state index in [0.29, 0.717) is 11.5 Å². The molecule has 1 saturated carbocycles. The van der Waals surface area contributed by atoms with Gasteiger partial charge in [0, 0.05) is 23.7 Å². The highest BCUT2D eigenvalue weighted by Crippen LogP contribution is 2.23. The summed E-state index contributed by atoms with van der Waals surface area (Å²) in [5, 5.41) is 13.5. The summed E-state index contributed by atoms with van der Waals surface area (Å²) >= 11 is 0. The van der Waals surface area contributed by atoms with E-state index in [2.05, 4.69) is 12.2 Å². The average Bonchev–Trinajstić information content (AvgIpc) is 2.39. The fourth-order valence-corrected chi connectivity index (χ4v) is 2.57. The molecule has 5 heteroatoms. The van der Waals surface area contributed by atoms with E-state index in [1.165, 1.54) is 30.7 Å². The van der Waals surface area contributed by atoms with Crippen molar-refractivity contribution in [3.63, 3.8) is 0 Å². The van der Waals surface area contributed by atoms with Crippen LogP contribution >= 0.6 is 0 Å². The monoisotopic (exact) mass is 262 g/mol. The van der Waals surface area contributed by atoms with E-state index in [0.717, 1.165) is 19.3 Å². The molecule has 1 aliphatic rings. The van der Waals surface area contributed by atoms with Crippen molar-refractivity contribution in [3.05, 3.63) is 39.9 Å². The van der Waals surface area contributed by atoms with Gasteiger partial charge >= 0.3 is 0 Å². The molecule has 0 aromatic heterocycles. The van der Waals surface area contributed by atoms with Crippen molar-refractivity contribution >= 4 is 11.6 Å². The van der Waals surface area contributed by atoms with Gasteiger partial charge in [-0.15, -0.1) is 0 Å². The third kappa shape index (κ3) is 3.53. The van der Waals surface area contributed by atoms with Gasteiger partial charge in [0.05, 0.1) is 4.92 Å². The van der Waals surface area contributed by atoms with Gasteiger partial charge in [-0.1, -0.05) is 19.8 Å². The molecule has 19 heavy (non-hydrogen) atoms. The SMILES string of the molecule is CC1CCCC(NC(=O)c2ccc([N+](=O)[O-])cc2)C1. The quantitative estimate of drug-likeness (QED) is 0.672. The van der Waals surface area contributed by atoms with Crippen molar-refractivity contribution in [2.75, 3.05) is 0 Å². The lowest BCUT2D eigenvalue weighted by Crippen LogP contribution is -2.37. The van der Waals surface area contributed by atoms with Crippen molar-refractivity contribution in [2.45, 2.75) is 38.6 Å². The van der Waals surface area contributed by atoms with Crippen LogP contribution in [0.5, 0.6) is 0 Å². The Morgan fingerprint density at radius 2 is 2.00 bits per heavy atom. The molecular weight excluding hydrogens is 244 g/mol. The number of nitrogens with zero attached hydrogens (tertiary/aromatic N) is 1. The van der Waals surface area contributed by atoms with Gasteiger partial charge in [0.1, 0.15) is 0 Å². The second kappa shape index (κ2) is 5.82. The zero-order valence-corrected chi connectivity index (χ0v) is 11.0.